The maximum absolute atomic E-state index is 0. The molecule has 0 rings (SSSR count). The van der Waals surface area contributed by atoms with Crippen LogP contribution in [0.15, 0.2) is 0 Å². The van der Waals surface area contributed by atoms with Crippen LogP contribution < -0.4 is 744 Å². The normalized spacial score (nSPS) is 0. The van der Waals surface area contributed by atoms with Crippen molar-refractivity contribution in [2.45, 2.75) is 0 Å². The molecule has 0 saturated heterocycles. The van der Waals surface area contributed by atoms with E-state index in [2.05, 4.69) is 0 Å². The largest absolute Gasteiger partial charge is 2.00 e. The minimum atomic E-state index is 0. The van der Waals surface area contributed by atoms with Crippen molar-refractivity contribution in [3.05, 3.63) is 0 Å². The first-order valence-electron chi connectivity index (χ1n) is 0. The maximum Gasteiger partial charge on any atom is 2.00 e. The van der Waals surface area contributed by atoms with Gasteiger partial charge in [-0.2, -0.15) is 0 Å². The summed E-state index contributed by atoms with van der Waals surface area (Å²) in [5, 5.41) is 0. The Labute approximate surface area is 1290 Å². The molecule has 0 aromatic rings. The number of hydrogen-bond donors (Lipinski definition) is 0. The van der Waals surface area contributed by atoms with Gasteiger partial charge in [0.25, 0.3) is 0 Å². The zero-order valence-electron chi connectivity index (χ0n) is 33.7. The van der Waals surface area contributed by atoms with Crippen LogP contribution in [-0.2, 0) is 577 Å². The van der Waals surface area contributed by atoms with Crippen molar-refractivity contribution in [2.24, 2.45) is 0 Å². The number of rotatable bonds is 0. The fraction of sp³-hybridized carbons (Fsp3) is 0. The molecule has 0 aliphatic heterocycles. The topological polar surface area (TPSA) is 0 Å². The molecule has 0 nitrogen and oxygen atoms in total. The minimum Gasteiger partial charge on any atom is -1.00 e. The molecule has 760 valence electrons. The Bertz CT molecular complexity index is 90.2. The van der Waals surface area contributed by atoms with E-state index in [4.69, 9.17) is 0 Å². The molecule has 0 saturated carbocycles. The van der Waals surface area contributed by atoms with Crippen molar-refractivity contribution >= 4 is 0 Å². The maximum atomic E-state index is 0. The Morgan fingerprint density at radius 1 is 0.0211 bits per heavy atom. The second-order valence-corrected chi connectivity index (χ2v) is 0. The molecular formula is Cl60Ni35+10. The van der Waals surface area contributed by atoms with Crippen molar-refractivity contribution in [3.8, 4) is 0 Å². The SMILES string of the molecule is [Cl-].[Cl-].[Cl-].[Cl-].[Cl-].[Cl-].[Cl-].[Cl-].[Cl-].[Cl-].[Cl-].[Cl-].[Cl-].[Cl-].[Cl-].[Cl-].[Cl-].[Cl-].[Cl-].[Cl-].[Cl-].[Cl-].[Cl-].[Cl-].[Cl-].[Cl-].[Cl-].[Cl-].[Cl-].[Cl-].[Cl-].[Cl-].[Cl-].[Cl-].[Cl-].[Cl-].[Cl-].[Cl-].[Cl-].[Cl-].[Cl-].[Cl-].[Cl-].[Cl-].[Cl-].[Cl-].[Cl-].[Cl-].[Cl-].[Cl-].[Cl-].[Cl-].[Cl-].[Cl-].[Cl-].[Cl-].[Cl-].[Cl-].[Cl-].[Cl-].[Ni+2].[Ni+2].[Ni+2].[Ni+2].[Ni+2].[Ni+2].[Ni+2].[Ni+2].[Ni+2].[Ni+2].[Ni+2].[Ni+2].[Ni+2].[Ni+2].[Ni+2].[Ni+2].[Ni+2].[Ni+2].[Ni+2].[Ni+2].[Ni+2].[Ni+2].[Ni+2].[Ni+2].[Ni+2].[Ni+2].[Ni+2].[Ni+2].[Ni+2].[Ni+2].[Ni+2].[Ni+2].[Ni+2].[Ni+2].[Ni+2]. The van der Waals surface area contributed by atoms with Crippen molar-refractivity contribution < 1.29 is 1320 Å². The third-order valence-electron chi connectivity index (χ3n) is 0. The molecule has 0 aromatic heterocycles. The van der Waals surface area contributed by atoms with Gasteiger partial charge in [-0.3, -0.25) is 0 Å². The van der Waals surface area contributed by atoms with Gasteiger partial charge in [-0.15, -0.1) is 0 Å². The molecular weight excluding hydrogens is 4180 g/mol. The number of halogens is 60. The van der Waals surface area contributed by atoms with E-state index in [0.29, 0.717) is 0 Å². The van der Waals surface area contributed by atoms with Crippen LogP contribution in [0.25, 0.3) is 0 Å². The predicted octanol–water partition coefficient (Wildman–Crippen LogP) is -180. The van der Waals surface area contributed by atoms with Crippen LogP contribution in [0.5, 0.6) is 0 Å². The third kappa shape index (κ3) is 1720. The fourth-order valence-corrected chi connectivity index (χ4v) is 0. The van der Waals surface area contributed by atoms with E-state index in [-0.39, 0.29) is 1320 Å². The molecule has 0 atom stereocenters. The summed E-state index contributed by atoms with van der Waals surface area (Å²) in [5.74, 6) is 0. The standard InChI is InChI=1S/60ClH.35Ni/h60*1H;;;;;;;;;;;;;;;;;;;;;;;;;;;;;;;;;;;/q;;;;;;;;;;;;;;;;;;;;;;;;;;;;;;;;;;;;;;;;;;;;;;;;;;;;;;;;;;;;35*+2/p-60. The van der Waals surface area contributed by atoms with Gasteiger partial charge >= 0.3 is 577 Å². The van der Waals surface area contributed by atoms with E-state index >= 15 is 0 Å². The van der Waals surface area contributed by atoms with Gasteiger partial charge in [-0.05, 0) is 0 Å². The van der Waals surface area contributed by atoms with Crippen LogP contribution in [0.3, 0.4) is 0 Å². The Hall–Kier alpha value is 34.7. The molecule has 0 aromatic carbocycles. The average molecular weight is 4180 g/mol. The molecule has 0 fully saturated rings. The van der Waals surface area contributed by atoms with Gasteiger partial charge in [-0.25, -0.2) is 0 Å². The van der Waals surface area contributed by atoms with Gasteiger partial charge in [0.15, 0.2) is 0 Å². The van der Waals surface area contributed by atoms with Gasteiger partial charge in [0.1, 0.15) is 0 Å². The molecule has 0 aliphatic rings. The quantitative estimate of drug-likeness (QED) is 0.212. The van der Waals surface area contributed by atoms with Crippen LogP contribution in [0.4, 0.5) is 0 Å². The first-order chi connectivity index (χ1) is 0. The van der Waals surface area contributed by atoms with E-state index < -0.39 is 0 Å². The molecule has 95 heavy (non-hydrogen) atoms. The zero-order chi connectivity index (χ0) is 0. The average Bonchev–Trinajstić information content (AvgIpc) is 0. The second-order valence-electron chi connectivity index (χ2n) is 0. The molecule has 0 radical (unpaired) electrons. The number of hydrogen-bond acceptors (Lipinski definition) is 0. The monoisotopic (exact) mass is 4130 g/mol. The van der Waals surface area contributed by atoms with Crippen molar-refractivity contribution in [2.75, 3.05) is 0 Å². The van der Waals surface area contributed by atoms with Gasteiger partial charge < -0.3 is 744 Å². The van der Waals surface area contributed by atoms with E-state index in [1.807, 2.05) is 0 Å². The zero-order valence-corrected chi connectivity index (χ0v) is 114. The Balaban J connectivity index is 0. The van der Waals surface area contributed by atoms with Crippen molar-refractivity contribution in [3.63, 3.8) is 0 Å². The molecule has 0 aliphatic carbocycles. The molecule has 0 bridgehead atoms. The van der Waals surface area contributed by atoms with E-state index in [0.717, 1.165) is 0 Å². The van der Waals surface area contributed by atoms with Crippen LogP contribution in [0.1, 0.15) is 0 Å². The smallest absolute Gasteiger partial charge is 1.00 e. The minimum absolute atomic E-state index is 0. The molecule has 0 heterocycles. The van der Waals surface area contributed by atoms with Gasteiger partial charge in [0.05, 0.1) is 0 Å². The second kappa shape index (κ2) is 1740. The summed E-state index contributed by atoms with van der Waals surface area (Å²) in [7, 11) is 0. The van der Waals surface area contributed by atoms with E-state index in [1.54, 1.807) is 0 Å². The Morgan fingerprint density at radius 3 is 0.0211 bits per heavy atom. The first-order valence-corrected chi connectivity index (χ1v) is 0. The van der Waals surface area contributed by atoms with E-state index in [9.17, 15) is 0 Å². The summed E-state index contributed by atoms with van der Waals surface area (Å²) >= 11 is 0. The molecule has 0 amide bonds. The summed E-state index contributed by atoms with van der Waals surface area (Å²) in [4.78, 5) is 0. The predicted molar refractivity (Wildman–Crippen MR) is 0 cm³/mol. The molecule has 0 N–H and O–H groups in total. The summed E-state index contributed by atoms with van der Waals surface area (Å²) in [6.45, 7) is 0. The summed E-state index contributed by atoms with van der Waals surface area (Å²) < 4.78 is 0. The van der Waals surface area contributed by atoms with Crippen LogP contribution >= 0.6 is 0 Å². The van der Waals surface area contributed by atoms with Crippen LogP contribution in [-0.4, -0.2) is 0 Å². The van der Waals surface area contributed by atoms with Crippen molar-refractivity contribution in [1.29, 1.82) is 0 Å². The first kappa shape index (κ1) is 1790. The van der Waals surface area contributed by atoms with Crippen LogP contribution in [0, 0.1) is 0 Å². The molecule has 95 heteroatoms. The van der Waals surface area contributed by atoms with E-state index in [1.165, 1.54) is 0 Å². The Kier molecular flexibility index (Phi) is 32800. The Morgan fingerprint density at radius 2 is 0.0211 bits per heavy atom. The van der Waals surface area contributed by atoms with Gasteiger partial charge in [0.2, 0.25) is 0 Å². The summed E-state index contributed by atoms with van der Waals surface area (Å²) in [6, 6.07) is 0. The molecule has 0 unspecified atom stereocenters. The fourth-order valence-electron chi connectivity index (χ4n) is 0. The van der Waals surface area contributed by atoms with Crippen molar-refractivity contribution in [1.82, 2.24) is 0 Å². The summed E-state index contributed by atoms with van der Waals surface area (Å²) in [5.41, 5.74) is 0. The van der Waals surface area contributed by atoms with Crippen LogP contribution in [0.2, 0.25) is 0 Å². The van der Waals surface area contributed by atoms with Gasteiger partial charge in [0, 0.05) is 0 Å². The van der Waals surface area contributed by atoms with Gasteiger partial charge in [-0.1, -0.05) is 0 Å². The molecule has 0 spiro atoms. The third-order valence-corrected chi connectivity index (χ3v) is 0. The summed E-state index contributed by atoms with van der Waals surface area (Å²) in [6.07, 6.45) is 0.